The molecule has 2 heterocycles. The second-order valence-electron chi connectivity index (χ2n) is 6.73. The molecule has 3 rings (SSSR count). The molecule has 7 nitrogen and oxygen atoms in total. The van der Waals surface area contributed by atoms with E-state index in [1.165, 1.54) is 26.2 Å². The molecule has 0 radical (unpaired) electrons. The van der Waals surface area contributed by atoms with Gasteiger partial charge in [-0.15, -0.1) is 0 Å². The van der Waals surface area contributed by atoms with Crippen molar-refractivity contribution >= 4 is 5.91 Å². The lowest BCUT2D eigenvalue weighted by Crippen LogP contribution is -2.42. The van der Waals surface area contributed by atoms with Crippen LogP contribution in [0.5, 0.6) is 0 Å². The normalized spacial score (nSPS) is 10.7. The van der Waals surface area contributed by atoms with Gasteiger partial charge < -0.3 is 4.90 Å². The third kappa shape index (κ3) is 4.66. The molecule has 0 N–H and O–H groups in total. The number of carbonyl (C=O) groups is 1. The number of hydrogen-bond acceptors (Lipinski definition) is 4. The number of rotatable bonds is 6. The van der Waals surface area contributed by atoms with Crippen LogP contribution in [0.15, 0.2) is 64.4 Å². The summed E-state index contributed by atoms with van der Waals surface area (Å²) >= 11 is 0. The van der Waals surface area contributed by atoms with Crippen molar-refractivity contribution in [2.75, 3.05) is 6.54 Å². The van der Waals surface area contributed by atoms with Crippen molar-refractivity contribution in [3.8, 4) is 0 Å². The fraction of sp³-hybridized carbons (Fsp3) is 0.238. The molecule has 2 aromatic heterocycles. The van der Waals surface area contributed by atoms with Crippen molar-refractivity contribution in [2.45, 2.75) is 13.0 Å². The Labute approximate surface area is 166 Å². The van der Waals surface area contributed by atoms with Crippen LogP contribution in [-0.4, -0.2) is 31.5 Å². The maximum Gasteiger partial charge on any atom is 0.331 e. The minimum absolute atomic E-state index is 0.0149. The highest BCUT2D eigenvalue weighted by molar-refractivity contribution is 5.92. The Morgan fingerprint density at radius 3 is 2.45 bits per heavy atom. The summed E-state index contributed by atoms with van der Waals surface area (Å²) in [6.45, 7) is 0.583. The van der Waals surface area contributed by atoms with Crippen LogP contribution in [-0.2, 0) is 27.1 Å². The zero-order valence-electron chi connectivity index (χ0n) is 16.2. The predicted molar refractivity (Wildman–Crippen MR) is 106 cm³/mol. The Morgan fingerprint density at radius 1 is 1.07 bits per heavy atom. The van der Waals surface area contributed by atoms with Gasteiger partial charge in [0.05, 0.1) is 0 Å². The largest absolute Gasteiger partial charge is 0.333 e. The standard InChI is InChI=1S/C21H21FN4O3/c1-24-18(12-19(27)25(2)21(24)29)20(28)26(14-16-4-3-10-23-13-16)11-9-15-5-7-17(22)8-6-15/h3-8,10,12-13H,9,11,14H2,1-2H3. The third-order valence-electron chi connectivity index (χ3n) is 4.71. The summed E-state index contributed by atoms with van der Waals surface area (Å²) in [6.07, 6.45) is 3.78. The molecular formula is C21H21FN4O3. The van der Waals surface area contributed by atoms with Crippen LogP contribution in [0, 0.1) is 5.82 Å². The quantitative estimate of drug-likeness (QED) is 0.633. The lowest BCUT2D eigenvalue weighted by Gasteiger charge is -2.24. The molecule has 0 saturated heterocycles. The van der Waals surface area contributed by atoms with Gasteiger partial charge in [-0.3, -0.25) is 23.7 Å². The predicted octanol–water partition coefficient (Wildman–Crippen LogP) is 1.50. The van der Waals surface area contributed by atoms with Crippen molar-refractivity contribution < 1.29 is 9.18 Å². The van der Waals surface area contributed by atoms with E-state index >= 15 is 0 Å². The van der Waals surface area contributed by atoms with Gasteiger partial charge in [0.2, 0.25) is 0 Å². The van der Waals surface area contributed by atoms with Gasteiger partial charge in [0.15, 0.2) is 0 Å². The molecule has 3 aromatic rings. The summed E-state index contributed by atoms with van der Waals surface area (Å²) in [6, 6.07) is 10.8. The summed E-state index contributed by atoms with van der Waals surface area (Å²) in [4.78, 5) is 43.1. The lowest BCUT2D eigenvalue weighted by atomic mass is 10.1. The topological polar surface area (TPSA) is 77.2 Å². The van der Waals surface area contributed by atoms with E-state index in [1.54, 1.807) is 35.5 Å². The van der Waals surface area contributed by atoms with E-state index in [4.69, 9.17) is 0 Å². The highest BCUT2D eigenvalue weighted by Crippen LogP contribution is 2.11. The van der Waals surface area contributed by atoms with Gasteiger partial charge in [0.25, 0.3) is 11.5 Å². The Kier molecular flexibility index (Phi) is 6.01. The molecule has 0 aliphatic rings. The Hall–Kier alpha value is -3.55. The first kappa shape index (κ1) is 20.2. The van der Waals surface area contributed by atoms with Crippen LogP contribution in [0.2, 0.25) is 0 Å². The number of pyridine rings is 1. The fourth-order valence-electron chi connectivity index (χ4n) is 2.98. The van der Waals surface area contributed by atoms with E-state index in [-0.39, 0.29) is 18.1 Å². The minimum atomic E-state index is -0.569. The van der Waals surface area contributed by atoms with Gasteiger partial charge in [-0.2, -0.15) is 0 Å². The fourth-order valence-corrected chi connectivity index (χ4v) is 2.98. The maximum absolute atomic E-state index is 13.2. The molecule has 0 aliphatic carbocycles. The average Bonchev–Trinajstić information content (AvgIpc) is 2.73. The SMILES string of the molecule is Cn1c(C(=O)N(CCc2ccc(F)cc2)Cc2cccnc2)cc(=O)n(C)c1=O. The Balaban J connectivity index is 1.91. The number of halogens is 1. The zero-order chi connectivity index (χ0) is 21.0. The van der Waals surface area contributed by atoms with Gasteiger partial charge in [-0.1, -0.05) is 18.2 Å². The van der Waals surface area contributed by atoms with E-state index in [0.29, 0.717) is 13.0 Å². The van der Waals surface area contributed by atoms with E-state index in [2.05, 4.69) is 4.98 Å². The molecule has 29 heavy (non-hydrogen) atoms. The molecule has 8 heteroatoms. The molecule has 0 atom stereocenters. The van der Waals surface area contributed by atoms with E-state index in [9.17, 15) is 18.8 Å². The Morgan fingerprint density at radius 2 is 1.79 bits per heavy atom. The first-order valence-electron chi connectivity index (χ1n) is 9.06. The van der Waals surface area contributed by atoms with Gasteiger partial charge in [0, 0.05) is 45.6 Å². The average molecular weight is 396 g/mol. The summed E-state index contributed by atoms with van der Waals surface area (Å²) < 4.78 is 15.2. The molecule has 0 spiro atoms. The van der Waals surface area contributed by atoms with Gasteiger partial charge in [-0.05, 0) is 35.7 Å². The van der Waals surface area contributed by atoms with Crippen LogP contribution >= 0.6 is 0 Å². The first-order valence-corrected chi connectivity index (χ1v) is 9.06. The number of benzene rings is 1. The summed E-state index contributed by atoms with van der Waals surface area (Å²) in [5, 5.41) is 0. The number of hydrogen-bond donors (Lipinski definition) is 0. The van der Waals surface area contributed by atoms with Crippen molar-refractivity contribution in [3.05, 3.63) is 98.3 Å². The second-order valence-corrected chi connectivity index (χ2v) is 6.73. The van der Waals surface area contributed by atoms with E-state index in [1.807, 2.05) is 6.07 Å². The first-order chi connectivity index (χ1) is 13.9. The molecule has 1 amide bonds. The van der Waals surface area contributed by atoms with Gasteiger partial charge >= 0.3 is 5.69 Å². The van der Waals surface area contributed by atoms with Crippen LogP contribution in [0.3, 0.4) is 0 Å². The van der Waals surface area contributed by atoms with Crippen molar-refractivity contribution in [1.82, 2.24) is 19.0 Å². The molecule has 0 saturated carbocycles. The molecule has 0 fully saturated rings. The second kappa shape index (κ2) is 8.64. The number of aromatic nitrogens is 3. The van der Waals surface area contributed by atoms with E-state index in [0.717, 1.165) is 26.3 Å². The Bertz CT molecular complexity index is 1120. The van der Waals surface area contributed by atoms with Crippen molar-refractivity contribution in [3.63, 3.8) is 0 Å². The molecule has 0 aliphatic heterocycles. The van der Waals surface area contributed by atoms with Gasteiger partial charge in [0.1, 0.15) is 11.5 Å². The van der Waals surface area contributed by atoms with Crippen LogP contribution < -0.4 is 11.2 Å². The molecule has 1 aromatic carbocycles. The maximum atomic E-state index is 13.2. The third-order valence-corrected chi connectivity index (χ3v) is 4.71. The molecular weight excluding hydrogens is 375 g/mol. The molecule has 0 unspecified atom stereocenters. The van der Waals surface area contributed by atoms with E-state index < -0.39 is 17.2 Å². The summed E-state index contributed by atoms with van der Waals surface area (Å²) in [7, 11) is 2.82. The molecule has 150 valence electrons. The highest BCUT2D eigenvalue weighted by atomic mass is 19.1. The van der Waals surface area contributed by atoms with Crippen LogP contribution in [0.4, 0.5) is 4.39 Å². The van der Waals surface area contributed by atoms with Crippen LogP contribution in [0.1, 0.15) is 21.6 Å². The van der Waals surface area contributed by atoms with Crippen molar-refractivity contribution in [2.24, 2.45) is 14.1 Å². The number of amides is 1. The monoisotopic (exact) mass is 396 g/mol. The summed E-state index contributed by atoms with van der Waals surface area (Å²) in [5.41, 5.74) is 0.583. The van der Waals surface area contributed by atoms with Crippen LogP contribution in [0.25, 0.3) is 0 Å². The minimum Gasteiger partial charge on any atom is -0.333 e. The highest BCUT2D eigenvalue weighted by Gasteiger charge is 2.21. The van der Waals surface area contributed by atoms with Gasteiger partial charge in [-0.25, -0.2) is 9.18 Å². The zero-order valence-corrected chi connectivity index (χ0v) is 16.2. The lowest BCUT2D eigenvalue weighted by molar-refractivity contribution is 0.0732. The summed E-state index contributed by atoms with van der Waals surface area (Å²) in [5.74, 6) is -0.763. The number of carbonyl (C=O) groups excluding carboxylic acids is 1. The number of nitrogens with zero attached hydrogens (tertiary/aromatic N) is 4. The smallest absolute Gasteiger partial charge is 0.331 e. The van der Waals surface area contributed by atoms with Crippen molar-refractivity contribution in [1.29, 1.82) is 0 Å². The molecule has 0 bridgehead atoms.